The van der Waals surface area contributed by atoms with Crippen LogP contribution in [0.4, 0.5) is 0 Å². The maximum absolute atomic E-state index is 12.6. The molecule has 2 aliphatic rings. The van der Waals surface area contributed by atoms with Gasteiger partial charge < -0.3 is 19.8 Å². The lowest BCUT2D eigenvalue weighted by Gasteiger charge is -2.35. The predicted octanol–water partition coefficient (Wildman–Crippen LogP) is 2.07. The minimum absolute atomic E-state index is 0.196. The zero-order valence-electron chi connectivity index (χ0n) is 17.4. The largest absolute Gasteiger partial charge is 0.473 e. The summed E-state index contributed by atoms with van der Waals surface area (Å²) in [5.74, 6) is -3.11. The van der Waals surface area contributed by atoms with Crippen molar-refractivity contribution in [3.8, 4) is 0 Å². The molecule has 0 bridgehead atoms. The van der Waals surface area contributed by atoms with E-state index in [-0.39, 0.29) is 5.92 Å². The van der Waals surface area contributed by atoms with Crippen molar-refractivity contribution in [3.05, 3.63) is 48.0 Å². The molecule has 2 saturated heterocycles. The van der Waals surface area contributed by atoms with Gasteiger partial charge in [-0.05, 0) is 42.3 Å². The summed E-state index contributed by atoms with van der Waals surface area (Å²) < 4.78 is 5.35. The number of hydrogen-bond donors (Lipinski definition) is 2. The topological polar surface area (TPSA) is 107 Å². The number of nitrogens with zero attached hydrogens (tertiary/aromatic N) is 2. The van der Waals surface area contributed by atoms with E-state index in [1.807, 2.05) is 4.90 Å². The van der Waals surface area contributed by atoms with Crippen LogP contribution in [0.5, 0.6) is 0 Å². The number of ether oxygens (including phenoxy) is 1. The van der Waals surface area contributed by atoms with Gasteiger partial charge in [0.05, 0.1) is 13.2 Å². The van der Waals surface area contributed by atoms with Crippen LogP contribution in [0.3, 0.4) is 0 Å². The van der Waals surface area contributed by atoms with Crippen molar-refractivity contribution in [2.24, 2.45) is 5.92 Å². The highest BCUT2D eigenvalue weighted by Crippen LogP contribution is 2.24. The Hall–Kier alpha value is -2.97. The van der Waals surface area contributed by atoms with E-state index in [9.17, 15) is 4.79 Å². The Bertz CT molecular complexity index is 900. The van der Waals surface area contributed by atoms with Gasteiger partial charge in [0.15, 0.2) is 0 Å². The SMILES string of the molecule is O=C(C1CCN(Cc2cccc3ccccc23)CC1)N1CCOCC1.O=C(O)C(=O)O. The van der Waals surface area contributed by atoms with Crippen LogP contribution in [0.2, 0.25) is 0 Å². The maximum atomic E-state index is 12.6. The minimum Gasteiger partial charge on any atom is -0.473 e. The zero-order chi connectivity index (χ0) is 22.2. The van der Waals surface area contributed by atoms with E-state index in [1.165, 1.54) is 16.3 Å². The summed E-state index contributed by atoms with van der Waals surface area (Å²) in [5.41, 5.74) is 1.39. The first-order chi connectivity index (χ1) is 15.0. The molecule has 2 fully saturated rings. The van der Waals surface area contributed by atoms with Gasteiger partial charge in [-0.1, -0.05) is 42.5 Å². The molecule has 166 valence electrons. The van der Waals surface area contributed by atoms with Crippen LogP contribution >= 0.6 is 0 Å². The molecule has 0 aromatic heterocycles. The molecule has 2 aliphatic heterocycles. The average Bonchev–Trinajstić information content (AvgIpc) is 2.80. The summed E-state index contributed by atoms with van der Waals surface area (Å²) in [4.78, 5) is 35.3. The molecule has 0 spiro atoms. The molecule has 0 atom stereocenters. The number of aliphatic carboxylic acids is 2. The molecule has 2 aromatic rings. The third-order valence-corrected chi connectivity index (χ3v) is 5.72. The number of benzene rings is 2. The van der Waals surface area contributed by atoms with Crippen LogP contribution in [-0.2, 0) is 25.7 Å². The van der Waals surface area contributed by atoms with Crippen LogP contribution in [0.1, 0.15) is 18.4 Å². The number of hydrogen-bond acceptors (Lipinski definition) is 5. The van der Waals surface area contributed by atoms with Crippen molar-refractivity contribution >= 4 is 28.6 Å². The molecular formula is C23H28N2O6. The number of amides is 1. The highest BCUT2D eigenvalue weighted by atomic mass is 16.5. The third kappa shape index (κ3) is 6.26. The van der Waals surface area contributed by atoms with E-state index in [0.29, 0.717) is 19.1 Å². The fourth-order valence-electron chi connectivity index (χ4n) is 4.05. The molecule has 0 saturated carbocycles. The van der Waals surface area contributed by atoms with Crippen molar-refractivity contribution in [1.29, 1.82) is 0 Å². The Morgan fingerprint density at radius 1 is 0.871 bits per heavy atom. The fourth-order valence-corrected chi connectivity index (χ4v) is 4.05. The fraction of sp³-hybridized carbons (Fsp3) is 0.435. The molecule has 2 heterocycles. The van der Waals surface area contributed by atoms with E-state index in [1.54, 1.807) is 0 Å². The van der Waals surface area contributed by atoms with Gasteiger partial charge in [0.1, 0.15) is 0 Å². The first-order valence-corrected chi connectivity index (χ1v) is 10.5. The quantitative estimate of drug-likeness (QED) is 0.721. The molecule has 8 nitrogen and oxygen atoms in total. The standard InChI is InChI=1S/C21H26N2O2.C2H2O4/c24-21(23-12-14-25-15-13-23)18-8-10-22(11-9-18)16-19-6-3-5-17-4-1-2-7-20(17)19;3-1(4)2(5)6/h1-7,18H,8-16H2;(H,3,4)(H,5,6). The van der Waals surface area contributed by atoms with Crippen LogP contribution < -0.4 is 0 Å². The second kappa shape index (κ2) is 10.9. The summed E-state index contributed by atoms with van der Waals surface area (Å²) in [7, 11) is 0. The summed E-state index contributed by atoms with van der Waals surface area (Å²) >= 11 is 0. The average molecular weight is 428 g/mol. The number of piperidine rings is 1. The van der Waals surface area contributed by atoms with E-state index in [2.05, 4.69) is 47.4 Å². The Kier molecular flexibility index (Phi) is 7.97. The highest BCUT2D eigenvalue weighted by molar-refractivity contribution is 6.27. The molecule has 0 aliphatic carbocycles. The number of carboxylic acids is 2. The van der Waals surface area contributed by atoms with Crippen molar-refractivity contribution in [2.75, 3.05) is 39.4 Å². The monoisotopic (exact) mass is 428 g/mol. The number of likely N-dealkylation sites (tertiary alicyclic amines) is 1. The second-order valence-corrected chi connectivity index (χ2v) is 7.74. The maximum Gasteiger partial charge on any atom is 0.414 e. The number of fused-ring (bicyclic) bond motifs is 1. The Morgan fingerprint density at radius 2 is 1.48 bits per heavy atom. The third-order valence-electron chi connectivity index (χ3n) is 5.72. The predicted molar refractivity (Wildman–Crippen MR) is 115 cm³/mol. The van der Waals surface area contributed by atoms with Gasteiger partial charge in [-0.3, -0.25) is 9.69 Å². The molecule has 1 amide bonds. The molecule has 8 heteroatoms. The normalized spacial score (nSPS) is 17.6. The van der Waals surface area contributed by atoms with Crippen molar-refractivity contribution in [2.45, 2.75) is 19.4 Å². The van der Waals surface area contributed by atoms with Gasteiger partial charge >= 0.3 is 11.9 Å². The summed E-state index contributed by atoms with van der Waals surface area (Å²) in [6.07, 6.45) is 1.95. The van der Waals surface area contributed by atoms with E-state index in [0.717, 1.165) is 45.6 Å². The van der Waals surface area contributed by atoms with Crippen molar-refractivity contribution in [1.82, 2.24) is 9.80 Å². The lowest BCUT2D eigenvalue weighted by atomic mass is 9.94. The lowest BCUT2D eigenvalue weighted by Crippen LogP contribution is -2.46. The number of rotatable bonds is 3. The van der Waals surface area contributed by atoms with Crippen molar-refractivity contribution < 1.29 is 29.3 Å². The van der Waals surface area contributed by atoms with E-state index < -0.39 is 11.9 Å². The van der Waals surface area contributed by atoms with Gasteiger partial charge in [0.25, 0.3) is 0 Å². The van der Waals surface area contributed by atoms with E-state index in [4.69, 9.17) is 24.5 Å². The molecule has 2 N–H and O–H groups in total. The Labute approximate surface area is 181 Å². The Balaban J connectivity index is 0.000000401. The summed E-state index contributed by atoms with van der Waals surface area (Å²) in [5, 5.41) is 17.4. The first kappa shape index (κ1) is 22.7. The van der Waals surface area contributed by atoms with Crippen LogP contribution in [0.15, 0.2) is 42.5 Å². The smallest absolute Gasteiger partial charge is 0.414 e. The molecule has 0 radical (unpaired) electrons. The van der Waals surface area contributed by atoms with Crippen LogP contribution in [-0.4, -0.2) is 77.3 Å². The van der Waals surface area contributed by atoms with E-state index >= 15 is 0 Å². The van der Waals surface area contributed by atoms with Gasteiger partial charge in [0, 0.05) is 25.6 Å². The minimum atomic E-state index is -1.82. The Morgan fingerprint density at radius 3 is 2.13 bits per heavy atom. The van der Waals surface area contributed by atoms with Gasteiger partial charge in [-0.25, -0.2) is 9.59 Å². The van der Waals surface area contributed by atoms with Gasteiger partial charge in [-0.15, -0.1) is 0 Å². The summed E-state index contributed by atoms with van der Waals surface area (Å²) in [6, 6.07) is 15.1. The molecule has 2 aromatic carbocycles. The first-order valence-electron chi connectivity index (χ1n) is 10.5. The number of carbonyl (C=O) groups excluding carboxylic acids is 1. The van der Waals surface area contributed by atoms with Gasteiger partial charge in [-0.2, -0.15) is 0 Å². The van der Waals surface area contributed by atoms with Crippen LogP contribution in [0.25, 0.3) is 10.8 Å². The summed E-state index contributed by atoms with van der Waals surface area (Å²) in [6.45, 7) is 5.87. The molecule has 4 rings (SSSR count). The molecule has 0 unspecified atom stereocenters. The van der Waals surface area contributed by atoms with Crippen LogP contribution in [0, 0.1) is 5.92 Å². The zero-order valence-corrected chi connectivity index (χ0v) is 17.4. The molecular weight excluding hydrogens is 400 g/mol. The van der Waals surface area contributed by atoms with Gasteiger partial charge in [0.2, 0.25) is 5.91 Å². The lowest BCUT2D eigenvalue weighted by molar-refractivity contribution is -0.159. The number of morpholine rings is 1. The number of carbonyl (C=O) groups is 3. The second-order valence-electron chi connectivity index (χ2n) is 7.74. The van der Waals surface area contributed by atoms with Crippen molar-refractivity contribution in [3.63, 3.8) is 0 Å². The molecule has 31 heavy (non-hydrogen) atoms. The number of carboxylic acid groups (broad SMARTS) is 2. The highest BCUT2D eigenvalue weighted by Gasteiger charge is 2.29.